The predicted octanol–water partition coefficient (Wildman–Crippen LogP) is 2.01. The number of rotatable bonds is 6. The molecular weight excluding hydrogens is 228 g/mol. The number of nitrogen functional groups attached to an aromatic ring is 1. The molecule has 0 aliphatic heterocycles. The monoisotopic (exact) mass is 242 g/mol. The average molecular weight is 243 g/mol. The summed E-state index contributed by atoms with van der Waals surface area (Å²) in [4.78, 5) is 7.94. The fourth-order valence-corrected chi connectivity index (χ4v) is 1.08. The number of hydrogen-bond donors (Lipinski definition) is 2. The summed E-state index contributed by atoms with van der Waals surface area (Å²) in [7, 11) is 0. The molecule has 3 N–H and O–H groups in total. The van der Waals surface area contributed by atoms with Gasteiger partial charge in [-0.15, -0.1) is 0 Å². The minimum absolute atomic E-state index is 0.383. The van der Waals surface area contributed by atoms with E-state index in [-0.39, 0.29) is 0 Å². The number of nitrogens with zero attached hydrogens (tertiary/aromatic N) is 2. The largest absolute Gasteiger partial charge is 0.476 e. The van der Waals surface area contributed by atoms with Crippen LogP contribution in [-0.2, 0) is 0 Å². The molecule has 0 spiro atoms. The summed E-state index contributed by atoms with van der Waals surface area (Å²) in [6, 6.07) is 0. The first kappa shape index (κ1) is 12.6. The zero-order chi connectivity index (χ0) is 12.0. The van der Waals surface area contributed by atoms with Crippen LogP contribution in [0.4, 0.5) is 11.5 Å². The molecule has 0 aliphatic rings. The minimum atomic E-state index is 0.383. The van der Waals surface area contributed by atoms with Crippen LogP contribution in [0.5, 0.6) is 5.88 Å². The highest BCUT2D eigenvalue weighted by Crippen LogP contribution is 2.24. The minimum Gasteiger partial charge on any atom is -0.476 e. The molecule has 0 saturated carbocycles. The highest BCUT2D eigenvalue weighted by Gasteiger charge is 2.08. The van der Waals surface area contributed by atoms with Crippen LogP contribution < -0.4 is 15.8 Å². The summed E-state index contributed by atoms with van der Waals surface area (Å²) < 4.78 is 5.36. The first-order valence-corrected chi connectivity index (χ1v) is 5.33. The van der Waals surface area contributed by atoms with Crippen LogP contribution in [0.2, 0.25) is 0 Å². The Morgan fingerprint density at radius 2 is 2.38 bits per heavy atom. The van der Waals surface area contributed by atoms with Crippen LogP contribution in [0.25, 0.3) is 0 Å². The molecule has 0 aromatic carbocycles. The molecule has 6 heteroatoms. The summed E-state index contributed by atoms with van der Waals surface area (Å²) in [5.41, 5.74) is 6.21. The molecule has 88 valence electrons. The Balaban J connectivity index is 2.73. The van der Waals surface area contributed by atoms with Crippen molar-refractivity contribution in [2.45, 2.75) is 13.3 Å². The van der Waals surface area contributed by atoms with Gasteiger partial charge >= 0.3 is 0 Å². The highest BCUT2D eigenvalue weighted by atomic mass is 35.5. The van der Waals surface area contributed by atoms with Gasteiger partial charge in [-0.05, 0) is 6.42 Å². The van der Waals surface area contributed by atoms with E-state index in [1.807, 2.05) is 6.92 Å². The first-order chi connectivity index (χ1) is 7.65. The SMILES string of the molecule is C=C(Cl)CNc1ncnc(OCCC)c1N. The molecular formula is C10H15ClN4O. The zero-order valence-electron chi connectivity index (χ0n) is 9.16. The Bertz CT molecular complexity index is 370. The lowest BCUT2D eigenvalue weighted by molar-refractivity contribution is 0.307. The maximum atomic E-state index is 5.83. The summed E-state index contributed by atoms with van der Waals surface area (Å²) >= 11 is 5.63. The van der Waals surface area contributed by atoms with Gasteiger partial charge in [-0.3, -0.25) is 0 Å². The third kappa shape index (κ3) is 3.58. The summed E-state index contributed by atoms with van der Waals surface area (Å²) in [5, 5.41) is 3.42. The van der Waals surface area contributed by atoms with Crippen molar-refractivity contribution in [2.24, 2.45) is 0 Å². The maximum Gasteiger partial charge on any atom is 0.242 e. The Kier molecular flexibility index (Phi) is 4.85. The molecule has 0 saturated heterocycles. The van der Waals surface area contributed by atoms with E-state index >= 15 is 0 Å². The molecule has 0 amide bonds. The van der Waals surface area contributed by atoms with Crippen LogP contribution in [0.1, 0.15) is 13.3 Å². The molecule has 0 atom stereocenters. The number of nitrogens with one attached hydrogen (secondary N) is 1. The van der Waals surface area contributed by atoms with Gasteiger partial charge in [0.2, 0.25) is 5.88 Å². The van der Waals surface area contributed by atoms with Crippen molar-refractivity contribution in [1.82, 2.24) is 9.97 Å². The van der Waals surface area contributed by atoms with E-state index in [0.29, 0.717) is 35.6 Å². The fraction of sp³-hybridized carbons (Fsp3) is 0.400. The van der Waals surface area contributed by atoms with Gasteiger partial charge in [-0.25, -0.2) is 4.98 Å². The van der Waals surface area contributed by atoms with E-state index in [0.717, 1.165) is 6.42 Å². The second kappa shape index (κ2) is 6.17. The molecule has 5 nitrogen and oxygen atoms in total. The van der Waals surface area contributed by atoms with Crippen molar-refractivity contribution in [3.8, 4) is 5.88 Å². The van der Waals surface area contributed by atoms with Gasteiger partial charge in [-0.2, -0.15) is 4.98 Å². The number of halogens is 1. The van der Waals surface area contributed by atoms with Crippen molar-refractivity contribution >= 4 is 23.1 Å². The summed E-state index contributed by atoms with van der Waals surface area (Å²) in [5.74, 6) is 0.891. The van der Waals surface area contributed by atoms with Crippen molar-refractivity contribution in [1.29, 1.82) is 0 Å². The Hall–Kier alpha value is -1.49. The lowest BCUT2D eigenvalue weighted by Gasteiger charge is -2.10. The fourth-order valence-electron chi connectivity index (χ4n) is 1.01. The van der Waals surface area contributed by atoms with Gasteiger partial charge in [0, 0.05) is 5.03 Å². The van der Waals surface area contributed by atoms with Crippen molar-refractivity contribution in [2.75, 3.05) is 24.2 Å². The Morgan fingerprint density at radius 1 is 1.62 bits per heavy atom. The van der Waals surface area contributed by atoms with E-state index in [1.54, 1.807) is 0 Å². The van der Waals surface area contributed by atoms with Crippen LogP contribution in [0.15, 0.2) is 17.9 Å². The van der Waals surface area contributed by atoms with Crippen molar-refractivity contribution in [3.63, 3.8) is 0 Å². The van der Waals surface area contributed by atoms with Gasteiger partial charge in [-0.1, -0.05) is 25.1 Å². The second-order valence-electron chi connectivity index (χ2n) is 3.16. The number of anilines is 2. The van der Waals surface area contributed by atoms with Crippen molar-refractivity contribution < 1.29 is 4.74 Å². The number of hydrogen-bond acceptors (Lipinski definition) is 5. The zero-order valence-corrected chi connectivity index (χ0v) is 9.92. The molecule has 1 rings (SSSR count). The van der Waals surface area contributed by atoms with Crippen LogP contribution in [0.3, 0.4) is 0 Å². The van der Waals surface area contributed by atoms with Crippen LogP contribution in [0, 0.1) is 0 Å². The molecule has 16 heavy (non-hydrogen) atoms. The number of ether oxygens (including phenoxy) is 1. The van der Waals surface area contributed by atoms with E-state index in [2.05, 4.69) is 21.9 Å². The standard InChI is InChI=1S/C10H15ClN4O/c1-3-4-16-10-8(12)9(14-6-15-10)13-5-7(2)11/h6H,2-5,12H2,1H3,(H,13,14,15). The van der Waals surface area contributed by atoms with E-state index in [4.69, 9.17) is 22.1 Å². The van der Waals surface area contributed by atoms with Gasteiger partial charge in [0.05, 0.1) is 13.2 Å². The van der Waals surface area contributed by atoms with E-state index in [9.17, 15) is 0 Å². The normalized spacial score (nSPS) is 9.88. The molecule has 0 fully saturated rings. The molecule has 1 aromatic heterocycles. The first-order valence-electron chi connectivity index (χ1n) is 4.95. The summed E-state index contributed by atoms with van der Waals surface area (Å²) in [6.45, 7) is 6.54. The third-order valence-electron chi connectivity index (χ3n) is 1.74. The molecule has 0 radical (unpaired) electrons. The quantitative estimate of drug-likeness (QED) is 0.798. The topological polar surface area (TPSA) is 73.1 Å². The molecule has 1 aromatic rings. The summed E-state index contributed by atoms with van der Waals surface area (Å²) in [6.07, 6.45) is 2.28. The molecule has 0 aliphatic carbocycles. The molecule has 1 heterocycles. The number of nitrogens with two attached hydrogens (primary N) is 1. The maximum absolute atomic E-state index is 5.83. The van der Waals surface area contributed by atoms with Gasteiger partial charge in [0.15, 0.2) is 5.82 Å². The van der Waals surface area contributed by atoms with E-state index < -0.39 is 0 Å². The lowest BCUT2D eigenvalue weighted by atomic mass is 10.4. The Morgan fingerprint density at radius 3 is 3.00 bits per heavy atom. The predicted molar refractivity (Wildman–Crippen MR) is 65.7 cm³/mol. The van der Waals surface area contributed by atoms with Gasteiger partial charge in [0.25, 0.3) is 0 Å². The van der Waals surface area contributed by atoms with E-state index in [1.165, 1.54) is 6.33 Å². The highest BCUT2D eigenvalue weighted by molar-refractivity contribution is 6.29. The third-order valence-corrected chi connectivity index (χ3v) is 1.87. The van der Waals surface area contributed by atoms with Crippen LogP contribution >= 0.6 is 11.6 Å². The smallest absolute Gasteiger partial charge is 0.242 e. The van der Waals surface area contributed by atoms with Crippen LogP contribution in [-0.4, -0.2) is 23.1 Å². The Labute approximate surface area is 99.7 Å². The average Bonchev–Trinajstić information content (AvgIpc) is 2.26. The number of aromatic nitrogens is 2. The van der Waals surface area contributed by atoms with Gasteiger partial charge < -0.3 is 15.8 Å². The molecule has 0 bridgehead atoms. The van der Waals surface area contributed by atoms with Gasteiger partial charge in [0.1, 0.15) is 12.0 Å². The van der Waals surface area contributed by atoms with Crippen molar-refractivity contribution in [3.05, 3.63) is 17.9 Å². The lowest BCUT2D eigenvalue weighted by Crippen LogP contribution is -2.09. The second-order valence-corrected chi connectivity index (χ2v) is 3.69. The molecule has 0 unspecified atom stereocenters.